The average Bonchev–Trinajstić information content (AvgIpc) is 3.67. The van der Waals surface area contributed by atoms with E-state index in [2.05, 4.69) is 205 Å². The molecule has 0 unspecified atom stereocenters. The molecule has 290 valence electrons. The Hall–Kier alpha value is -8.65. The van der Waals surface area contributed by atoms with Crippen molar-refractivity contribution in [2.45, 2.75) is 0 Å². The zero-order chi connectivity index (χ0) is 41.6. The smallest absolute Gasteiger partial charge is 0.162 e. The minimum absolute atomic E-state index is 0.511. The van der Waals surface area contributed by atoms with Crippen LogP contribution in [-0.2, 0) is 0 Å². The van der Waals surface area contributed by atoms with Gasteiger partial charge in [0.2, 0.25) is 0 Å². The van der Waals surface area contributed by atoms with Gasteiger partial charge in [0, 0.05) is 32.7 Å². The lowest BCUT2D eigenvalue weighted by Gasteiger charge is -2.17. The van der Waals surface area contributed by atoms with Gasteiger partial charge < -0.3 is 4.57 Å². The third kappa shape index (κ3) is 5.47. The maximum atomic E-state index is 11.2. The van der Waals surface area contributed by atoms with Gasteiger partial charge in [-0.05, 0) is 108 Å². The minimum atomic E-state index is 0.511. The molecule has 0 radical (unpaired) electrons. The first-order valence-corrected chi connectivity index (χ1v) is 21.3. The van der Waals surface area contributed by atoms with Crippen LogP contribution in [0.15, 0.2) is 206 Å². The summed E-state index contributed by atoms with van der Waals surface area (Å²) in [6, 6.07) is 75.7. The Morgan fingerprint density at radius 2 is 0.937 bits per heavy atom. The molecule has 0 aliphatic heterocycles. The number of aromatic nitrogens is 3. The molecule has 0 spiro atoms. The second-order valence-electron chi connectivity index (χ2n) is 16.5. The maximum absolute atomic E-state index is 11.2. The molecule has 0 bridgehead atoms. The fourth-order valence-electron chi connectivity index (χ4n) is 9.95. The van der Waals surface area contributed by atoms with Crippen molar-refractivity contribution in [3.63, 3.8) is 0 Å². The number of nitriles is 1. The fraction of sp³-hybridized carbons (Fsp3) is 0. The Balaban J connectivity index is 1.08. The van der Waals surface area contributed by atoms with E-state index in [0.717, 1.165) is 82.5 Å². The van der Waals surface area contributed by atoms with Gasteiger partial charge in [-0.3, -0.25) is 0 Å². The van der Waals surface area contributed by atoms with Crippen molar-refractivity contribution in [2.75, 3.05) is 0 Å². The molecule has 0 N–H and O–H groups in total. The van der Waals surface area contributed by atoms with Crippen molar-refractivity contribution in [1.29, 1.82) is 5.26 Å². The molecule has 63 heavy (non-hydrogen) atoms. The molecule has 11 aromatic carbocycles. The molecule has 0 fully saturated rings. The summed E-state index contributed by atoms with van der Waals surface area (Å²) in [5, 5.41) is 25.9. The SMILES string of the molecule is N#Cc1cc(-n2c3cc4ccccc4cc3c3c4ccccc4ccc32)c2ccccc2c1-c1nc(-c2ccc3ccccc3c2)c2cc(-c3ccc4ccccc4c3)ccc2n1. The van der Waals surface area contributed by atoms with Gasteiger partial charge in [-0.2, -0.15) is 5.26 Å². The zero-order valence-corrected chi connectivity index (χ0v) is 33.9. The fourth-order valence-corrected chi connectivity index (χ4v) is 9.95. The predicted molar refractivity (Wildman–Crippen MR) is 262 cm³/mol. The van der Waals surface area contributed by atoms with E-state index in [9.17, 15) is 5.26 Å². The van der Waals surface area contributed by atoms with E-state index in [1.807, 2.05) is 12.1 Å². The van der Waals surface area contributed by atoms with Gasteiger partial charge in [0.15, 0.2) is 5.82 Å². The molecule has 2 heterocycles. The van der Waals surface area contributed by atoms with Crippen molar-refractivity contribution in [1.82, 2.24) is 14.5 Å². The van der Waals surface area contributed by atoms with Crippen LogP contribution in [0.1, 0.15) is 5.56 Å². The molecule has 0 saturated heterocycles. The van der Waals surface area contributed by atoms with Gasteiger partial charge in [0.1, 0.15) is 0 Å². The summed E-state index contributed by atoms with van der Waals surface area (Å²) in [7, 11) is 0. The Labute approximate surface area is 362 Å². The number of hydrogen-bond acceptors (Lipinski definition) is 3. The highest BCUT2D eigenvalue weighted by atomic mass is 15.0. The molecule has 4 nitrogen and oxygen atoms in total. The van der Waals surface area contributed by atoms with Crippen molar-refractivity contribution >= 4 is 86.6 Å². The lowest BCUT2D eigenvalue weighted by Crippen LogP contribution is -2.02. The molecule has 0 aliphatic rings. The van der Waals surface area contributed by atoms with Crippen LogP contribution >= 0.6 is 0 Å². The van der Waals surface area contributed by atoms with E-state index < -0.39 is 0 Å². The van der Waals surface area contributed by atoms with E-state index in [1.54, 1.807) is 0 Å². The molecule has 0 aliphatic carbocycles. The minimum Gasteiger partial charge on any atom is -0.309 e. The summed E-state index contributed by atoms with van der Waals surface area (Å²) in [6.45, 7) is 0. The monoisotopic (exact) mass is 798 g/mol. The Morgan fingerprint density at radius 1 is 0.381 bits per heavy atom. The van der Waals surface area contributed by atoms with E-state index >= 15 is 0 Å². The van der Waals surface area contributed by atoms with Crippen molar-refractivity contribution < 1.29 is 0 Å². The highest BCUT2D eigenvalue weighted by Gasteiger charge is 2.23. The summed E-state index contributed by atoms with van der Waals surface area (Å²) in [6.07, 6.45) is 0. The molecule has 0 atom stereocenters. The number of rotatable bonds is 4. The molecule has 13 rings (SSSR count). The van der Waals surface area contributed by atoms with Gasteiger partial charge in [-0.15, -0.1) is 0 Å². The first-order chi connectivity index (χ1) is 31.2. The largest absolute Gasteiger partial charge is 0.309 e. The Bertz CT molecular complexity index is 4110. The summed E-state index contributed by atoms with van der Waals surface area (Å²) >= 11 is 0. The predicted octanol–water partition coefficient (Wildman–Crippen LogP) is 15.4. The number of nitrogens with zero attached hydrogens (tertiary/aromatic N) is 4. The van der Waals surface area contributed by atoms with Crippen LogP contribution in [0.2, 0.25) is 0 Å². The molecule has 2 aromatic heterocycles. The molecular weight excluding hydrogens is 765 g/mol. The van der Waals surface area contributed by atoms with Crippen LogP contribution in [0.25, 0.3) is 126 Å². The topological polar surface area (TPSA) is 54.5 Å². The van der Waals surface area contributed by atoms with Gasteiger partial charge >= 0.3 is 0 Å². The second-order valence-corrected chi connectivity index (χ2v) is 16.5. The van der Waals surface area contributed by atoms with Crippen LogP contribution in [0, 0.1) is 11.3 Å². The first kappa shape index (κ1) is 35.1. The van der Waals surface area contributed by atoms with Crippen LogP contribution in [0.3, 0.4) is 0 Å². The third-order valence-electron chi connectivity index (χ3n) is 12.9. The zero-order valence-electron chi connectivity index (χ0n) is 33.9. The van der Waals surface area contributed by atoms with Crippen LogP contribution in [0.4, 0.5) is 0 Å². The van der Waals surface area contributed by atoms with Crippen LogP contribution in [0.5, 0.6) is 0 Å². The van der Waals surface area contributed by atoms with E-state index in [-0.39, 0.29) is 0 Å². The van der Waals surface area contributed by atoms with Crippen LogP contribution < -0.4 is 0 Å². The average molecular weight is 799 g/mol. The van der Waals surface area contributed by atoms with E-state index in [0.29, 0.717) is 11.4 Å². The third-order valence-corrected chi connectivity index (χ3v) is 12.9. The lowest BCUT2D eigenvalue weighted by molar-refractivity contribution is 1.19. The number of benzene rings is 11. The van der Waals surface area contributed by atoms with Crippen molar-refractivity contribution in [3.8, 4) is 45.5 Å². The Kier molecular flexibility index (Phi) is 7.63. The van der Waals surface area contributed by atoms with Crippen molar-refractivity contribution in [3.05, 3.63) is 212 Å². The summed E-state index contributed by atoms with van der Waals surface area (Å²) < 4.78 is 2.35. The van der Waals surface area contributed by atoms with Gasteiger partial charge in [-0.1, -0.05) is 158 Å². The molecular formula is C59H34N4. The summed E-state index contributed by atoms with van der Waals surface area (Å²) in [4.78, 5) is 10.8. The number of fused-ring (bicyclic) bond motifs is 10. The van der Waals surface area contributed by atoms with Crippen molar-refractivity contribution in [2.24, 2.45) is 0 Å². The molecule has 0 saturated carbocycles. The standard InChI is InChI=1S/C59H34N4/c60-35-46-34-54(63-53-28-26-38-13-7-8-18-47(38)57(53)51-32-41-16-5-6-17-42(41)33-55(51)63)48-19-9-10-20-49(48)56(46)59-61-52-27-25-44(43-23-21-36-11-1-3-14-39(36)29-43)31-50(52)58(62-59)45-24-22-37-12-2-4-15-40(37)30-45/h1-34H. The van der Waals surface area contributed by atoms with Gasteiger partial charge in [0.25, 0.3) is 0 Å². The number of hydrogen-bond donors (Lipinski definition) is 0. The summed E-state index contributed by atoms with van der Waals surface area (Å²) in [5.74, 6) is 0.516. The normalized spacial score (nSPS) is 11.8. The van der Waals surface area contributed by atoms with Crippen LogP contribution in [-0.4, -0.2) is 14.5 Å². The summed E-state index contributed by atoms with van der Waals surface area (Å²) in [5.41, 5.74) is 9.18. The highest BCUT2D eigenvalue weighted by molar-refractivity contribution is 6.24. The van der Waals surface area contributed by atoms with Gasteiger partial charge in [-0.25, -0.2) is 9.97 Å². The lowest BCUT2D eigenvalue weighted by atomic mass is 9.95. The molecule has 0 amide bonds. The second kappa shape index (κ2) is 13.7. The van der Waals surface area contributed by atoms with Gasteiger partial charge in [0.05, 0.1) is 39.6 Å². The Morgan fingerprint density at radius 3 is 1.67 bits per heavy atom. The molecule has 13 aromatic rings. The first-order valence-electron chi connectivity index (χ1n) is 21.3. The quantitative estimate of drug-likeness (QED) is 0.178. The maximum Gasteiger partial charge on any atom is 0.162 e. The highest BCUT2D eigenvalue weighted by Crippen LogP contribution is 2.43. The van der Waals surface area contributed by atoms with E-state index in [4.69, 9.17) is 9.97 Å². The van der Waals surface area contributed by atoms with E-state index in [1.165, 1.54) is 37.7 Å². The molecule has 4 heteroatoms.